The van der Waals surface area contributed by atoms with Crippen molar-refractivity contribution in [3.8, 4) is 55.1 Å². The van der Waals surface area contributed by atoms with Gasteiger partial charge < -0.3 is 9.32 Å². The van der Waals surface area contributed by atoms with Crippen molar-refractivity contribution in [3.63, 3.8) is 0 Å². The number of hydrogen-bond acceptors (Lipinski definition) is 4. The smallest absolute Gasteiger partial charge is 0.143 e. The molecule has 2 aromatic heterocycles. The lowest BCUT2D eigenvalue weighted by Gasteiger charge is -2.27. The van der Waals surface area contributed by atoms with Gasteiger partial charge in [0.25, 0.3) is 0 Å². The monoisotopic (exact) mass is 822 g/mol. The van der Waals surface area contributed by atoms with Gasteiger partial charge in [-0.2, -0.15) is 0 Å². The second-order valence-corrected chi connectivity index (χ2v) is 16.9. The van der Waals surface area contributed by atoms with E-state index in [0.717, 1.165) is 70.9 Å². The molecule has 0 aliphatic heterocycles. The average Bonchev–Trinajstić information content (AvgIpc) is 3.95. The number of benzene rings is 10. The van der Waals surface area contributed by atoms with E-state index in [1.54, 1.807) is 11.3 Å². The largest absolute Gasteiger partial charge is 0.455 e. The van der Waals surface area contributed by atoms with Crippen LogP contribution in [0.2, 0.25) is 0 Å². The van der Waals surface area contributed by atoms with Gasteiger partial charge >= 0.3 is 0 Å². The van der Waals surface area contributed by atoms with Crippen LogP contribution in [0.1, 0.15) is 0 Å². The fourth-order valence-electron chi connectivity index (χ4n) is 9.05. The Morgan fingerprint density at radius 2 is 0.921 bits per heavy atom. The van der Waals surface area contributed by atoms with E-state index >= 15 is 0 Å². The molecule has 0 N–H and O–H groups in total. The number of rotatable bonds is 8. The molecule has 0 radical (unpaired) electrons. The highest BCUT2D eigenvalue weighted by Gasteiger charge is 2.20. The molecule has 296 valence electrons. The van der Waals surface area contributed by atoms with Crippen molar-refractivity contribution in [3.05, 3.63) is 231 Å². The zero-order valence-corrected chi connectivity index (χ0v) is 35.0. The summed E-state index contributed by atoms with van der Waals surface area (Å²) in [5.41, 5.74) is 16.3. The topological polar surface area (TPSA) is 29.3 Å². The van der Waals surface area contributed by atoms with Gasteiger partial charge in [-0.15, -0.1) is 11.3 Å². The van der Waals surface area contributed by atoms with Crippen molar-refractivity contribution < 1.29 is 4.42 Å². The Morgan fingerprint density at radius 3 is 1.67 bits per heavy atom. The van der Waals surface area contributed by atoms with Crippen molar-refractivity contribution in [1.29, 1.82) is 0 Å². The van der Waals surface area contributed by atoms with Crippen molar-refractivity contribution in [1.82, 2.24) is 4.98 Å². The summed E-state index contributed by atoms with van der Waals surface area (Å²) in [4.78, 5) is 7.39. The molecule has 0 fully saturated rings. The van der Waals surface area contributed by atoms with E-state index in [-0.39, 0.29) is 0 Å². The van der Waals surface area contributed by atoms with E-state index in [0.29, 0.717) is 0 Å². The number of para-hydroxylation sites is 1. The van der Waals surface area contributed by atoms with Gasteiger partial charge in [0.15, 0.2) is 0 Å². The van der Waals surface area contributed by atoms with Crippen molar-refractivity contribution in [2.24, 2.45) is 0 Å². The maximum atomic E-state index is 6.73. The number of aromatic nitrogens is 1. The van der Waals surface area contributed by atoms with Gasteiger partial charge in [0.05, 0.1) is 10.2 Å². The molecular weight excluding hydrogens is 785 g/mol. The summed E-state index contributed by atoms with van der Waals surface area (Å²) in [5.74, 6) is 0. The molecule has 0 atom stereocenters. The number of anilines is 3. The minimum atomic E-state index is 0.871. The Balaban J connectivity index is 0.979. The zero-order valence-electron chi connectivity index (χ0n) is 34.2. The van der Waals surface area contributed by atoms with Crippen LogP contribution in [0.25, 0.3) is 98.0 Å². The van der Waals surface area contributed by atoms with Gasteiger partial charge in [-0.1, -0.05) is 182 Å². The second kappa shape index (κ2) is 15.4. The fraction of sp³-hybridized carbons (Fsp3) is 0. The molecule has 12 rings (SSSR count). The first-order valence-corrected chi connectivity index (χ1v) is 22.1. The minimum absolute atomic E-state index is 0.871. The molecule has 0 unspecified atom stereocenters. The first-order chi connectivity index (χ1) is 31.2. The number of furan rings is 1. The summed E-state index contributed by atoms with van der Waals surface area (Å²) in [5, 5.41) is 5.62. The Hall–Kier alpha value is -8.05. The lowest BCUT2D eigenvalue weighted by Crippen LogP contribution is -2.10. The molecule has 0 spiro atoms. The molecule has 0 amide bonds. The molecule has 0 aliphatic carbocycles. The summed E-state index contributed by atoms with van der Waals surface area (Å²) in [7, 11) is 0. The van der Waals surface area contributed by atoms with E-state index in [1.807, 2.05) is 6.07 Å². The third-order valence-corrected chi connectivity index (χ3v) is 13.2. The Morgan fingerprint density at radius 1 is 0.365 bits per heavy atom. The molecule has 2 heterocycles. The number of nitrogens with zero attached hydrogens (tertiary/aromatic N) is 2. The maximum Gasteiger partial charge on any atom is 0.143 e. The fourth-order valence-corrected chi connectivity index (χ4v) is 10.0. The van der Waals surface area contributed by atoms with Gasteiger partial charge in [-0.05, 0) is 92.2 Å². The molecule has 12 aromatic rings. The first kappa shape index (κ1) is 36.8. The Bertz CT molecular complexity index is 3590. The molecule has 0 aliphatic rings. The van der Waals surface area contributed by atoms with Crippen LogP contribution in [0.3, 0.4) is 0 Å². The third-order valence-electron chi connectivity index (χ3n) is 12.1. The highest BCUT2D eigenvalue weighted by Crippen LogP contribution is 2.44. The van der Waals surface area contributed by atoms with Crippen LogP contribution in [0, 0.1) is 0 Å². The SMILES string of the molecule is c1ccc(-c2ccc(N(c3ccc(-c4cccc5c4oc4cc6sc(-c7ccccc7)nc6cc45)cc3)c3ccc(-c4ccccc4)c(-c4cccc5ccccc45)c3)cc2)cc1. The van der Waals surface area contributed by atoms with Gasteiger partial charge in [0.1, 0.15) is 16.2 Å². The third kappa shape index (κ3) is 6.65. The van der Waals surface area contributed by atoms with Crippen LogP contribution in [0.4, 0.5) is 17.1 Å². The second-order valence-electron chi connectivity index (χ2n) is 15.9. The summed E-state index contributed by atoms with van der Waals surface area (Å²) < 4.78 is 7.84. The van der Waals surface area contributed by atoms with E-state index in [4.69, 9.17) is 9.40 Å². The zero-order chi connectivity index (χ0) is 41.7. The van der Waals surface area contributed by atoms with Crippen LogP contribution in [0.15, 0.2) is 235 Å². The highest BCUT2D eigenvalue weighted by molar-refractivity contribution is 7.21. The lowest BCUT2D eigenvalue weighted by atomic mass is 9.90. The van der Waals surface area contributed by atoms with E-state index < -0.39 is 0 Å². The van der Waals surface area contributed by atoms with E-state index in [9.17, 15) is 0 Å². The summed E-state index contributed by atoms with van der Waals surface area (Å²) in [6, 6.07) is 82.4. The van der Waals surface area contributed by atoms with Gasteiger partial charge in [-0.3, -0.25) is 0 Å². The molecule has 0 bridgehead atoms. The van der Waals surface area contributed by atoms with Crippen molar-refractivity contribution >= 4 is 71.3 Å². The predicted molar refractivity (Wildman–Crippen MR) is 266 cm³/mol. The summed E-state index contributed by atoms with van der Waals surface area (Å²) in [6.07, 6.45) is 0. The van der Waals surface area contributed by atoms with Crippen LogP contribution in [-0.2, 0) is 0 Å². The Labute approximate surface area is 369 Å². The Kier molecular flexibility index (Phi) is 9.02. The van der Waals surface area contributed by atoms with Crippen LogP contribution < -0.4 is 4.90 Å². The molecule has 10 aromatic carbocycles. The first-order valence-electron chi connectivity index (χ1n) is 21.3. The molecule has 3 nitrogen and oxygen atoms in total. The highest BCUT2D eigenvalue weighted by atomic mass is 32.1. The minimum Gasteiger partial charge on any atom is -0.455 e. The van der Waals surface area contributed by atoms with Crippen molar-refractivity contribution in [2.45, 2.75) is 0 Å². The van der Waals surface area contributed by atoms with Gasteiger partial charge in [-0.25, -0.2) is 4.98 Å². The maximum absolute atomic E-state index is 6.73. The van der Waals surface area contributed by atoms with Crippen LogP contribution >= 0.6 is 11.3 Å². The molecule has 4 heteroatoms. The lowest BCUT2D eigenvalue weighted by molar-refractivity contribution is 0.670. The number of hydrogen-bond donors (Lipinski definition) is 0. The molecule has 63 heavy (non-hydrogen) atoms. The quantitative estimate of drug-likeness (QED) is 0.153. The van der Waals surface area contributed by atoms with Crippen LogP contribution in [-0.4, -0.2) is 4.98 Å². The van der Waals surface area contributed by atoms with Gasteiger partial charge in [0, 0.05) is 45.0 Å². The van der Waals surface area contributed by atoms with Crippen LogP contribution in [0.5, 0.6) is 0 Å². The standard InChI is InChI=1S/C59H38N2OS/c1-4-14-39(15-5-1)40-26-30-45(31-27-40)61(47-34-35-49(41-16-6-2-7-17-41)53(36-47)51-24-12-21-42-18-10-11-22-48(42)51)46-32-28-43(29-33-46)50-23-13-25-52-54-37-55-57(38-56(54)62-58(50)52)63-59(60-55)44-19-8-3-9-20-44/h1-38H. The number of fused-ring (bicyclic) bond motifs is 5. The van der Waals surface area contributed by atoms with Crippen molar-refractivity contribution in [2.75, 3.05) is 4.90 Å². The molecule has 0 saturated carbocycles. The summed E-state index contributed by atoms with van der Waals surface area (Å²) >= 11 is 1.70. The summed E-state index contributed by atoms with van der Waals surface area (Å²) in [6.45, 7) is 0. The predicted octanol–water partition coefficient (Wildman–Crippen LogP) is 17.2. The molecule has 0 saturated heterocycles. The average molecular weight is 823 g/mol. The van der Waals surface area contributed by atoms with E-state index in [1.165, 1.54) is 44.2 Å². The normalized spacial score (nSPS) is 11.5. The van der Waals surface area contributed by atoms with E-state index in [2.05, 4.69) is 229 Å². The molecular formula is C59H38N2OS. The number of thiazole rings is 1. The van der Waals surface area contributed by atoms with Gasteiger partial charge in [0.2, 0.25) is 0 Å².